The van der Waals surface area contributed by atoms with Crippen LogP contribution < -0.4 is 11.1 Å². The molecule has 0 aliphatic heterocycles. The molecule has 102 valence electrons. The molecule has 1 unspecified atom stereocenters. The van der Waals surface area contributed by atoms with Crippen LogP contribution >= 0.6 is 11.8 Å². The van der Waals surface area contributed by atoms with Crippen LogP contribution in [0, 0.1) is 6.92 Å². The highest BCUT2D eigenvalue weighted by Gasteiger charge is 2.09. The van der Waals surface area contributed by atoms with Crippen LogP contribution in [0.25, 0.3) is 0 Å². The van der Waals surface area contributed by atoms with Crippen molar-refractivity contribution in [3.8, 4) is 0 Å². The molecule has 0 aliphatic carbocycles. The van der Waals surface area contributed by atoms with Gasteiger partial charge in [0.05, 0.1) is 0 Å². The molecule has 3 N–H and O–H groups in total. The Kier molecular flexibility index (Phi) is 6.86. The Labute approximate surface area is 114 Å². The average Bonchev–Trinajstić information content (AvgIpc) is 2.31. The van der Waals surface area contributed by atoms with Crippen LogP contribution in [-0.2, 0) is 0 Å². The second kappa shape index (κ2) is 8.19. The highest BCUT2D eigenvalue weighted by molar-refractivity contribution is 7.98. The van der Waals surface area contributed by atoms with Crippen LogP contribution in [0.5, 0.6) is 0 Å². The van der Waals surface area contributed by atoms with Crippen LogP contribution in [0.4, 0.5) is 11.8 Å². The van der Waals surface area contributed by atoms with E-state index in [1.807, 2.05) is 24.8 Å². The summed E-state index contributed by atoms with van der Waals surface area (Å²) >= 11 is 1.88. The number of rotatable bonds is 8. The summed E-state index contributed by atoms with van der Waals surface area (Å²) < 4.78 is 0. The van der Waals surface area contributed by atoms with Gasteiger partial charge in [0.15, 0.2) is 0 Å². The van der Waals surface area contributed by atoms with E-state index in [0.29, 0.717) is 12.0 Å². The summed E-state index contributed by atoms with van der Waals surface area (Å²) in [5.41, 5.74) is 6.58. The van der Waals surface area contributed by atoms with Gasteiger partial charge in [-0.15, -0.1) is 0 Å². The lowest BCUT2D eigenvalue weighted by Crippen LogP contribution is -2.21. The SMILES string of the molecule is CCCCC(CCSC)Nc1cc(C)nc(N)n1. The maximum absolute atomic E-state index is 5.67. The quantitative estimate of drug-likeness (QED) is 0.758. The molecule has 5 heteroatoms. The van der Waals surface area contributed by atoms with Gasteiger partial charge in [0.25, 0.3) is 0 Å². The number of thioether (sulfide) groups is 1. The van der Waals surface area contributed by atoms with Crippen molar-refractivity contribution < 1.29 is 0 Å². The minimum absolute atomic E-state index is 0.344. The van der Waals surface area contributed by atoms with Crippen LogP contribution in [0.3, 0.4) is 0 Å². The molecule has 0 spiro atoms. The van der Waals surface area contributed by atoms with Crippen molar-refractivity contribution in [2.24, 2.45) is 0 Å². The lowest BCUT2D eigenvalue weighted by Gasteiger charge is -2.19. The Morgan fingerprint density at radius 2 is 2.17 bits per heavy atom. The molecule has 1 rings (SSSR count). The predicted molar refractivity (Wildman–Crippen MR) is 81.1 cm³/mol. The van der Waals surface area contributed by atoms with E-state index < -0.39 is 0 Å². The van der Waals surface area contributed by atoms with Crippen molar-refractivity contribution in [3.05, 3.63) is 11.8 Å². The second-order valence-electron chi connectivity index (χ2n) is 4.52. The van der Waals surface area contributed by atoms with Crippen molar-refractivity contribution in [2.75, 3.05) is 23.1 Å². The third-order valence-corrected chi connectivity index (χ3v) is 3.44. The molecule has 0 saturated heterocycles. The molecular weight excluding hydrogens is 244 g/mol. The fourth-order valence-corrected chi connectivity index (χ4v) is 2.39. The van der Waals surface area contributed by atoms with Gasteiger partial charge in [-0.3, -0.25) is 0 Å². The number of hydrogen-bond acceptors (Lipinski definition) is 5. The van der Waals surface area contributed by atoms with Gasteiger partial charge in [0, 0.05) is 17.8 Å². The molecule has 4 nitrogen and oxygen atoms in total. The fourth-order valence-electron chi connectivity index (χ4n) is 1.87. The van der Waals surface area contributed by atoms with E-state index in [1.54, 1.807) is 0 Å². The zero-order valence-corrected chi connectivity index (χ0v) is 12.4. The maximum Gasteiger partial charge on any atom is 0.222 e. The molecule has 0 bridgehead atoms. The van der Waals surface area contributed by atoms with Crippen LogP contribution in [0.2, 0.25) is 0 Å². The summed E-state index contributed by atoms with van der Waals surface area (Å²) in [4.78, 5) is 8.33. The number of nitrogens with two attached hydrogens (primary N) is 1. The summed E-state index contributed by atoms with van der Waals surface area (Å²) in [5, 5.41) is 3.49. The predicted octanol–water partition coefficient (Wildman–Crippen LogP) is 3.09. The van der Waals surface area contributed by atoms with Gasteiger partial charge in [-0.2, -0.15) is 16.7 Å². The van der Waals surface area contributed by atoms with Gasteiger partial charge in [-0.25, -0.2) is 4.98 Å². The molecule has 0 radical (unpaired) electrons. The van der Waals surface area contributed by atoms with Crippen molar-refractivity contribution in [1.29, 1.82) is 0 Å². The summed E-state index contributed by atoms with van der Waals surface area (Å²) in [7, 11) is 0. The lowest BCUT2D eigenvalue weighted by molar-refractivity contribution is 0.595. The Morgan fingerprint density at radius 1 is 1.39 bits per heavy atom. The van der Waals surface area contributed by atoms with E-state index in [0.717, 1.165) is 17.9 Å². The van der Waals surface area contributed by atoms with E-state index in [9.17, 15) is 0 Å². The van der Waals surface area contributed by atoms with Gasteiger partial charge in [0.2, 0.25) is 5.95 Å². The first-order valence-corrected chi connectivity index (χ1v) is 7.91. The largest absolute Gasteiger partial charge is 0.368 e. The molecule has 0 aromatic carbocycles. The molecule has 18 heavy (non-hydrogen) atoms. The third kappa shape index (κ3) is 5.58. The van der Waals surface area contributed by atoms with Crippen molar-refractivity contribution in [2.45, 2.75) is 45.6 Å². The molecule has 1 heterocycles. The Bertz CT molecular complexity index is 329. The second-order valence-corrected chi connectivity index (χ2v) is 5.50. The van der Waals surface area contributed by atoms with E-state index in [-0.39, 0.29) is 0 Å². The van der Waals surface area contributed by atoms with Gasteiger partial charge < -0.3 is 11.1 Å². The summed E-state index contributed by atoms with van der Waals surface area (Å²) in [6, 6.07) is 2.43. The average molecular weight is 268 g/mol. The molecule has 0 amide bonds. The maximum atomic E-state index is 5.67. The van der Waals surface area contributed by atoms with E-state index in [4.69, 9.17) is 5.73 Å². The highest BCUT2D eigenvalue weighted by Crippen LogP contribution is 2.15. The van der Waals surface area contributed by atoms with E-state index in [1.165, 1.54) is 25.0 Å². The highest BCUT2D eigenvalue weighted by atomic mass is 32.2. The van der Waals surface area contributed by atoms with Gasteiger partial charge in [-0.05, 0) is 31.8 Å². The molecular formula is C13H24N4S. The number of hydrogen-bond donors (Lipinski definition) is 2. The minimum atomic E-state index is 0.344. The monoisotopic (exact) mass is 268 g/mol. The number of aryl methyl sites for hydroxylation is 1. The van der Waals surface area contributed by atoms with Gasteiger partial charge in [0.1, 0.15) is 5.82 Å². The number of nitrogen functional groups attached to an aromatic ring is 1. The smallest absolute Gasteiger partial charge is 0.222 e. The van der Waals surface area contributed by atoms with Crippen molar-refractivity contribution in [3.63, 3.8) is 0 Å². The first kappa shape index (κ1) is 15.1. The number of nitrogens with one attached hydrogen (secondary N) is 1. The zero-order valence-electron chi connectivity index (χ0n) is 11.6. The number of anilines is 2. The van der Waals surface area contributed by atoms with E-state index >= 15 is 0 Å². The van der Waals surface area contributed by atoms with Crippen LogP contribution in [-0.4, -0.2) is 28.0 Å². The Morgan fingerprint density at radius 3 is 2.78 bits per heavy atom. The topological polar surface area (TPSA) is 63.8 Å². The first-order valence-electron chi connectivity index (χ1n) is 6.52. The van der Waals surface area contributed by atoms with Crippen molar-refractivity contribution >= 4 is 23.5 Å². The van der Waals surface area contributed by atoms with E-state index in [2.05, 4.69) is 28.5 Å². The summed E-state index contributed by atoms with van der Waals surface area (Å²) in [6.07, 6.45) is 6.95. The van der Waals surface area contributed by atoms with Gasteiger partial charge >= 0.3 is 0 Å². The van der Waals surface area contributed by atoms with Gasteiger partial charge in [-0.1, -0.05) is 19.8 Å². The minimum Gasteiger partial charge on any atom is -0.368 e. The van der Waals surface area contributed by atoms with Crippen LogP contribution in [0.1, 0.15) is 38.3 Å². The van der Waals surface area contributed by atoms with Crippen LogP contribution in [0.15, 0.2) is 6.07 Å². The standard InChI is InChI=1S/C13H24N4S/c1-4-5-6-11(7-8-18-3)16-12-9-10(2)15-13(14)17-12/h9,11H,4-8H2,1-3H3,(H3,14,15,16,17). The molecule has 1 aromatic heterocycles. The molecule has 0 aliphatic rings. The Balaban J connectivity index is 2.62. The molecule has 1 aromatic rings. The third-order valence-electron chi connectivity index (χ3n) is 2.80. The molecule has 0 saturated carbocycles. The number of unbranched alkanes of at least 4 members (excludes halogenated alkanes) is 1. The lowest BCUT2D eigenvalue weighted by atomic mass is 10.1. The number of nitrogens with zero attached hydrogens (tertiary/aromatic N) is 2. The first-order chi connectivity index (χ1) is 8.65. The Hall–Kier alpha value is -0.970. The zero-order chi connectivity index (χ0) is 13.4. The summed E-state index contributed by atoms with van der Waals surface area (Å²) in [5.74, 6) is 2.36. The molecule has 0 fully saturated rings. The number of aromatic nitrogens is 2. The molecule has 1 atom stereocenters. The summed E-state index contributed by atoms with van der Waals surface area (Å²) in [6.45, 7) is 4.16. The normalized spacial score (nSPS) is 12.4. The van der Waals surface area contributed by atoms with Crippen molar-refractivity contribution in [1.82, 2.24) is 9.97 Å². The fraction of sp³-hybridized carbons (Fsp3) is 0.692.